The number of carbonyl (C=O) groups excluding carboxylic acids is 2. The van der Waals surface area contributed by atoms with Crippen LogP contribution < -0.4 is 5.32 Å². The van der Waals surface area contributed by atoms with Crippen LogP contribution >= 0.6 is 0 Å². The molecule has 0 spiro atoms. The number of furan rings is 1. The molecule has 2 aromatic carbocycles. The zero-order chi connectivity index (χ0) is 19.1. The van der Waals surface area contributed by atoms with Crippen LogP contribution in [-0.2, 0) is 17.8 Å². The number of hydrogen-bond donors (Lipinski definition) is 1. The van der Waals surface area contributed by atoms with Gasteiger partial charge in [0.25, 0.3) is 5.91 Å². The highest BCUT2D eigenvalue weighted by atomic mass is 16.3. The number of benzene rings is 2. The Bertz CT molecular complexity index is 861. The fourth-order valence-corrected chi connectivity index (χ4v) is 2.89. The summed E-state index contributed by atoms with van der Waals surface area (Å²) in [4.78, 5) is 27.1. The van der Waals surface area contributed by atoms with E-state index in [2.05, 4.69) is 5.32 Å². The number of hydrogen-bond acceptors (Lipinski definition) is 3. The Hall–Kier alpha value is -3.34. The third-order valence-electron chi connectivity index (χ3n) is 4.27. The van der Waals surface area contributed by atoms with Gasteiger partial charge in [-0.15, -0.1) is 0 Å². The molecule has 3 rings (SSSR count). The molecule has 0 saturated carbocycles. The Morgan fingerprint density at radius 2 is 1.56 bits per heavy atom. The third-order valence-corrected chi connectivity index (χ3v) is 4.27. The van der Waals surface area contributed by atoms with Crippen molar-refractivity contribution in [3.63, 3.8) is 0 Å². The van der Waals surface area contributed by atoms with E-state index in [-0.39, 0.29) is 11.7 Å². The summed E-state index contributed by atoms with van der Waals surface area (Å²) in [6.45, 7) is 0.474. The van der Waals surface area contributed by atoms with Gasteiger partial charge in [-0.25, -0.2) is 0 Å². The highest BCUT2D eigenvalue weighted by molar-refractivity contribution is 5.95. The van der Waals surface area contributed by atoms with Crippen molar-refractivity contribution < 1.29 is 14.0 Å². The predicted molar refractivity (Wildman–Crippen MR) is 103 cm³/mol. The molecule has 1 unspecified atom stereocenters. The number of rotatable bonds is 7. The molecule has 1 atom stereocenters. The van der Waals surface area contributed by atoms with E-state index in [0.717, 1.165) is 11.1 Å². The number of carbonyl (C=O) groups is 2. The van der Waals surface area contributed by atoms with Crippen LogP contribution in [0.2, 0.25) is 0 Å². The molecule has 0 saturated heterocycles. The van der Waals surface area contributed by atoms with Crippen LogP contribution in [0.4, 0.5) is 0 Å². The smallest absolute Gasteiger partial charge is 0.287 e. The van der Waals surface area contributed by atoms with E-state index in [1.807, 2.05) is 60.7 Å². The molecule has 27 heavy (non-hydrogen) atoms. The van der Waals surface area contributed by atoms with Crippen LogP contribution in [0.5, 0.6) is 0 Å². The minimum absolute atomic E-state index is 0.150. The van der Waals surface area contributed by atoms with E-state index < -0.39 is 11.9 Å². The zero-order valence-corrected chi connectivity index (χ0v) is 15.2. The van der Waals surface area contributed by atoms with E-state index >= 15 is 0 Å². The molecule has 0 bridgehead atoms. The van der Waals surface area contributed by atoms with Crippen LogP contribution in [0.25, 0.3) is 0 Å². The molecule has 0 fully saturated rings. The molecule has 1 N–H and O–H groups in total. The number of likely N-dealkylation sites (N-methyl/N-ethyl adjacent to an activating group) is 1. The van der Waals surface area contributed by atoms with E-state index in [0.29, 0.717) is 13.0 Å². The SMILES string of the molecule is CN(Cc1ccccc1)C(=O)C(Cc1ccccc1)NC(=O)c1ccco1. The molecule has 1 aromatic heterocycles. The summed E-state index contributed by atoms with van der Waals surface area (Å²) in [5.74, 6) is -0.364. The second-order valence-electron chi connectivity index (χ2n) is 6.37. The molecular weight excluding hydrogens is 340 g/mol. The predicted octanol–water partition coefficient (Wildman–Crippen LogP) is 3.28. The molecular formula is C22H22N2O3. The van der Waals surface area contributed by atoms with Crippen molar-refractivity contribution in [2.75, 3.05) is 7.05 Å². The quantitative estimate of drug-likeness (QED) is 0.702. The third kappa shape index (κ3) is 5.07. The van der Waals surface area contributed by atoms with Gasteiger partial charge in [-0.3, -0.25) is 9.59 Å². The molecule has 0 aliphatic carbocycles. The highest BCUT2D eigenvalue weighted by Crippen LogP contribution is 2.10. The summed E-state index contributed by atoms with van der Waals surface area (Å²) < 4.78 is 5.15. The second-order valence-corrected chi connectivity index (χ2v) is 6.37. The zero-order valence-electron chi connectivity index (χ0n) is 15.2. The summed E-state index contributed by atoms with van der Waals surface area (Å²) in [5.41, 5.74) is 2.01. The number of amides is 2. The van der Waals surface area contributed by atoms with Gasteiger partial charge in [0, 0.05) is 20.0 Å². The van der Waals surface area contributed by atoms with Crippen molar-refractivity contribution in [1.82, 2.24) is 10.2 Å². The van der Waals surface area contributed by atoms with Crippen molar-refractivity contribution in [1.29, 1.82) is 0 Å². The van der Waals surface area contributed by atoms with Crippen molar-refractivity contribution in [2.24, 2.45) is 0 Å². The van der Waals surface area contributed by atoms with Crippen LogP contribution in [0.3, 0.4) is 0 Å². The maximum absolute atomic E-state index is 13.0. The second kappa shape index (κ2) is 8.85. The maximum Gasteiger partial charge on any atom is 0.287 e. The topological polar surface area (TPSA) is 62.6 Å². The van der Waals surface area contributed by atoms with Crippen molar-refractivity contribution in [2.45, 2.75) is 19.0 Å². The van der Waals surface area contributed by atoms with Crippen LogP contribution in [0, 0.1) is 0 Å². The van der Waals surface area contributed by atoms with Gasteiger partial charge in [0.1, 0.15) is 6.04 Å². The van der Waals surface area contributed by atoms with Crippen LogP contribution in [0.15, 0.2) is 83.5 Å². The van der Waals surface area contributed by atoms with Gasteiger partial charge in [0.2, 0.25) is 5.91 Å². The molecule has 0 aliphatic rings. The van der Waals surface area contributed by atoms with E-state index in [1.165, 1.54) is 6.26 Å². The molecule has 138 valence electrons. The fourth-order valence-electron chi connectivity index (χ4n) is 2.89. The van der Waals surface area contributed by atoms with Gasteiger partial charge in [-0.2, -0.15) is 0 Å². The highest BCUT2D eigenvalue weighted by Gasteiger charge is 2.25. The minimum atomic E-state index is -0.682. The van der Waals surface area contributed by atoms with Gasteiger partial charge in [0.15, 0.2) is 5.76 Å². The first-order valence-corrected chi connectivity index (χ1v) is 8.80. The van der Waals surface area contributed by atoms with Crippen molar-refractivity contribution >= 4 is 11.8 Å². The van der Waals surface area contributed by atoms with Crippen LogP contribution in [-0.4, -0.2) is 29.8 Å². The average Bonchev–Trinajstić information content (AvgIpc) is 3.23. The Kier molecular flexibility index (Phi) is 6.05. The molecule has 0 aliphatic heterocycles. The van der Waals surface area contributed by atoms with Gasteiger partial charge in [-0.05, 0) is 23.3 Å². The number of nitrogens with one attached hydrogen (secondary N) is 1. The van der Waals surface area contributed by atoms with Gasteiger partial charge in [0.05, 0.1) is 6.26 Å². The molecule has 2 amide bonds. The van der Waals surface area contributed by atoms with Gasteiger partial charge >= 0.3 is 0 Å². The van der Waals surface area contributed by atoms with Crippen LogP contribution in [0.1, 0.15) is 21.7 Å². The molecule has 0 radical (unpaired) electrons. The molecule has 5 heteroatoms. The van der Waals surface area contributed by atoms with E-state index in [9.17, 15) is 9.59 Å². The summed E-state index contributed by atoms with van der Waals surface area (Å²) in [6, 6.07) is 21.9. The normalized spacial score (nSPS) is 11.6. The van der Waals surface area contributed by atoms with Gasteiger partial charge in [-0.1, -0.05) is 60.7 Å². The summed E-state index contributed by atoms with van der Waals surface area (Å²) in [6.07, 6.45) is 1.84. The van der Waals surface area contributed by atoms with E-state index in [1.54, 1.807) is 24.1 Å². The van der Waals surface area contributed by atoms with Crippen molar-refractivity contribution in [3.8, 4) is 0 Å². The molecule has 3 aromatic rings. The summed E-state index contributed by atoms with van der Waals surface area (Å²) in [5, 5.41) is 2.81. The first-order valence-electron chi connectivity index (χ1n) is 8.80. The maximum atomic E-state index is 13.0. The largest absolute Gasteiger partial charge is 0.459 e. The van der Waals surface area contributed by atoms with E-state index in [4.69, 9.17) is 4.42 Å². The monoisotopic (exact) mass is 362 g/mol. The first kappa shape index (κ1) is 18.5. The Balaban J connectivity index is 1.75. The lowest BCUT2D eigenvalue weighted by molar-refractivity contribution is -0.132. The first-order chi connectivity index (χ1) is 13.1. The number of nitrogens with zero attached hydrogens (tertiary/aromatic N) is 1. The Labute approximate surface area is 158 Å². The van der Waals surface area contributed by atoms with Crippen molar-refractivity contribution in [3.05, 3.63) is 95.9 Å². The molecule has 1 heterocycles. The Morgan fingerprint density at radius 3 is 2.15 bits per heavy atom. The lowest BCUT2D eigenvalue weighted by Crippen LogP contribution is -2.48. The minimum Gasteiger partial charge on any atom is -0.459 e. The Morgan fingerprint density at radius 1 is 0.926 bits per heavy atom. The lowest BCUT2D eigenvalue weighted by atomic mass is 10.0. The summed E-state index contributed by atoms with van der Waals surface area (Å²) in [7, 11) is 1.74. The molecule has 5 nitrogen and oxygen atoms in total. The average molecular weight is 362 g/mol. The summed E-state index contributed by atoms with van der Waals surface area (Å²) >= 11 is 0. The lowest BCUT2D eigenvalue weighted by Gasteiger charge is -2.24. The standard InChI is InChI=1S/C22H22N2O3/c1-24(16-18-11-6-3-7-12-18)22(26)19(15-17-9-4-2-5-10-17)23-21(25)20-13-8-14-27-20/h2-14,19H,15-16H2,1H3,(H,23,25). The fraction of sp³-hybridized carbons (Fsp3) is 0.182. The van der Waals surface area contributed by atoms with Gasteiger partial charge < -0.3 is 14.6 Å².